The average molecular weight is 288 g/mol. The molecule has 5 N–H and O–H groups in total. The van der Waals surface area contributed by atoms with Gasteiger partial charge in [-0.2, -0.15) is 0 Å². The molecule has 0 aliphatic heterocycles. The number of carbonyl (C=O) groups excluding carboxylic acids is 1. The number of nitrogens with one attached hydrogen (secondary N) is 3. The number of nitrogen functional groups attached to an aromatic ring is 1. The summed E-state index contributed by atoms with van der Waals surface area (Å²) in [4.78, 5) is 11.6. The molecule has 0 saturated carbocycles. The Bertz CT molecular complexity index is 515. The lowest BCUT2D eigenvalue weighted by Crippen LogP contribution is -2.34. The summed E-state index contributed by atoms with van der Waals surface area (Å²) < 4.78 is 25.0. The number of amides is 1. The molecule has 0 spiro atoms. The highest BCUT2D eigenvalue weighted by Crippen LogP contribution is 1.99. The van der Waals surface area contributed by atoms with E-state index in [1.807, 2.05) is 0 Å². The predicted octanol–water partition coefficient (Wildman–Crippen LogP) is -1.57. The first-order valence-electron chi connectivity index (χ1n) is 5.54. The molecule has 0 radical (unpaired) electrons. The summed E-state index contributed by atoms with van der Waals surface area (Å²) >= 11 is 0. The summed E-state index contributed by atoms with van der Waals surface area (Å²) in [6.07, 6.45) is 0. The number of aromatic nitrogens is 2. The highest BCUT2D eigenvalue weighted by molar-refractivity contribution is 7.89. The molecule has 19 heavy (non-hydrogen) atoms. The van der Waals surface area contributed by atoms with Crippen molar-refractivity contribution in [3.05, 3.63) is 17.8 Å². The van der Waals surface area contributed by atoms with Gasteiger partial charge in [-0.05, 0) is 12.1 Å². The van der Waals surface area contributed by atoms with Gasteiger partial charge in [0.05, 0.1) is 5.75 Å². The lowest BCUT2D eigenvalue weighted by molar-refractivity contribution is 0.0950. The minimum absolute atomic E-state index is 0.00721. The number of nitrogens with two attached hydrogens (primary N) is 1. The van der Waals surface area contributed by atoms with Crippen LogP contribution in [0.3, 0.4) is 0 Å². The molecular formula is C9H16N6O3S. The van der Waals surface area contributed by atoms with Gasteiger partial charge in [-0.25, -0.2) is 19.0 Å². The molecule has 9 nitrogen and oxygen atoms in total. The molecule has 0 aliphatic carbocycles. The molecule has 0 bridgehead atoms. The highest BCUT2D eigenvalue weighted by atomic mass is 32.2. The molecule has 0 aromatic carbocycles. The average Bonchev–Trinajstić information content (AvgIpc) is 2.38. The zero-order chi connectivity index (χ0) is 14.3. The van der Waals surface area contributed by atoms with Crippen molar-refractivity contribution in [1.82, 2.24) is 20.2 Å². The molecule has 0 unspecified atom stereocenters. The Hall–Kier alpha value is -1.78. The van der Waals surface area contributed by atoms with Crippen molar-refractivity contribution < 1.29 is 13.2 Å². The van der Waals surface area contributed by atoms with E-state index in [-0.39, 0.29) is 18.0 Å². The Labute approximate surface area is 111 Å². The van der Waals surface area contributed by atoms with Crippen molar-refractivity contribution >= 4 is 21.7 Å². The van der Waals surface area contributed by atoms with E-state index in [1.165, 1.54) is 12.1 Å². The van der Waals surface area contributed by atoms with E-state index in [0.717, 1.165) is 0 Å². The zero-order valence-corrected chi connectivity index (χ0v) is 11.2. The number of anilines is 1. The Morgan fingerprint density at radius 2 is 2.11 bits per heavy atom. The third kappa shape index (κ3) is 5.16. The molecule has 1 rings (SSSR count). The Kier molecular flexibility index (Phi) is 5.60. The molecule has 1 amide bonds. The summed E-state index contributed by atoms with van der Waals surface area (Å²) in [6, 6.07) is 2.91. The van der Waals surface area contributed by atoms with Crippen LogP contribution >= 0.6 is 0 Å². The summed E-state index contributed by atoms with van der Waals surface area (Å²) in [7, 11) is -3.35. The summed E-state index contributed by atoms with van der Waals surface area (Å²) in [5, 5.41) is 9.70. The first-order chi connectivity index (χ1) is 8.98. The van der Waals surface area contributed by atoms with Crippen LogP contribution in [-0.4, -0.2) is 43.4 Å². The molecule has 10 heteroatoms. The minimum Gasteiger partial charge on any atom is -0.350 e. The van der Waals surface area contributed by atoms with Gasteiger partial charge in [-0.3, -0.25) is 4.79 Å². The van der Waals surface area contributed by atoms with Crippen LogP contribution in [0.1, 0.15) is 17.4 Å². The lowest BCUT2D eigenvalue weighted by atomic mass is 10.3. The van der Waals surface area contributed by atoms with E-state index < -0.39 is 15.9 Å². The fourth-order valence-corrected chi connectivity index (χ4v) is 2.17. The second kappa shape index (κ2) is 6.97. The third-order valence-electron chi connectivity index (χ3n) is 2.07. The van der Waals surface area contributed by atoms with E-state index in [9.17, 15) is 13.2 Å². The van der Waals surface area contributed by atoms with E-state index in [0.29, 0.717) is 12.4 Å². The standard InChI is InChI=1S/C9H16N6O3S/c1-2-12-19(17,18)6-5-11-9(16)7-3-4-8(13-10)15-14-7/h3-4,12H,2,5-6,10H2,1H3,(H,11,16)(H,13,15). The SMILES string of the molecule is CCNS(=O)(=O)CCNC(=O)c1ccc(NN)nn1. The topological polar surface area (TPSA) is 139 Å². The predicted molar refractivity (Wildman–Crippen MR) is 69.6 cm³/mol. The Morgan fingerprint density at radius 1 is 1.37 bits per heavy atom. The van der Waals surface area contributed by atoms with Crippen molar-refractivity contribution in [2.75, 3.05) is 24.3 Å². The molecule has 0 aliphatic rings. The summed E-state index contributed by atoms with van der Waals surface area (Å²) in [5.41, 5.74) is 2.36. The first-order valence-corrected chi connectivity index (χ1v) is 7.19. The molecule has 0 saturated heterocycles. The van der Waals surface area contributed by atoms with E-state index >= 15 is 0 Å². The third-order valence-corrected chi connectivity index (χ3v) is 3.54. The number of rotatable bonds is 7. The Morgan fingerprint density at radius 3 is 2.63 bits per heavy atom. The van der Waals surface area contributed by atoms with Crippen LogP contribution in [0.2, 0.25) is 0 Å². The molecule has 1 aromatic rings. The number of hydrogen-bond donors (Lipinski definition) is 4. The smallest absolute Gasteiger partial charge is 0.271 e. The molecular weight excluding hydrogens is 272 g/mol. The van der Waals surface area contributed by atoms with Gasteiger partial charge in [0.2, 0.25) is 10.0 Å². The maximum absolute atomic E-state index is 11.6. The molecule has 0 fully saturated rings. The maximum atomic E-state index is 11.6. The van der Waals surface area contributed by atoms with Crippen LogP contribution in [0.4, 0.5) is 5.82 Å². The van der Waals surface area contributed by atoms with Crippen LogP contribution < -0.4 is 21.3 Å². The highest BCUT2D eigenvalue weighted by Gasteiger charge is 2.11. The van der Waals surface area contributed by atoms with E-state index in [1.54, 1.807) is 6.92 Å². The van der Waals surface area contributed by atoms with Crippen molar-refractivity contribution in [1.29, 1.82) is 0 Å². The lowest BCUT2D eigenvalue weighted by Gasteiger charge is -2.06. The van der Waals surface area contributed by atoms with E-state index in [2.05, 4.69) is 25.7 Å². The quantitative estimate of drug-likeness (QED) is 0.351. The maximum Gasteiger partial charge on any atom is 0.271 e. The van der Waals surface area contributed by atoms with Crippen molar-refractivity contribution in [2.24, 2.45) is 5.84 Å². The second-order valence-electron chi connectivity index (χ2n) is 3.52. The van der Waals surface area contributed by atoms with E-state index in [4.69, 9.17) is 5.84 Å². The number of nitrogens with zero attached hydrogens (tertiary/aromatic N) is 2. The first kappa shape index (κ1) is 15.3. The number of carbonyl (C=O) groups is 1. The Balaban J connectivity index is 2.47. The van der Waals surface area contributed by atoms with Crippen LogP contribution in [0.25, 0.3) is 0 Å². The van der Waals surface area contributed by atoms with Crippen molar-refractivity contribution in [2.45, 2.75) is 6.92 Å². The normalized spacial score (nSPS) is 11.1. The molecule has 106 valence electrons. The van der Waals surface area contributed by atoms with Gasteiger partial charge in [-0.1, -0.05) is 6.92 Å². The van der Waals surface area contributed by atoms with Gasteiger partial charge in [-0.15, -0.1) is 10.2 Å². The van der Waals surface area contributed by atoms with Gasteiger partial charge in [0, 0.05) is 13.1 Å². The number of hydrazine groups is 1. The summed E-state index contributed by atoms with van der Waals surface area (Å²) in [5.74, 6) is 4.74. The number of hydrogen-bond acceptors (Lipinski definition) is 7. The van der Waals surface area contributed by atoms with Gasteiger partial charge >= 0.3 is 0 Å². The second-order valence-corrected chi connectivity index (χ2v) is 5.45. The molecule has 1 heterocycles. The van der Waals surface area contributed by atoms with Gasteiger partial charge in [0.25, 0.3) is 5.91 Å². The van der Waals surface area contributed by atoms with Crippen LogP contribution in [0.5, 0.6) is 0 Å². The molecule has 1 aromatic heterocycles. The molecule has 0 atom stereocenters. The van der Waals surface area contributed by atoms with Gasteiger partial charge < -0.3 is 10.7 Å². The zero-order valence-electron chi connectivity index (χ0n) is 10.4. The largest absolute Gasteiger partial charge is 0.350 e. The fraction of sp³-hybridized carbons (Fsp3) is 0.444. The van der Waals surface area contributed by atoms with Crippen LogP contribution in [0.15, 0.2) is 12.1 Å². The van der Waals surface area contributed by atoms with Crippen LogP contribution in [-0.2, 0) is 10.0 Å². The van der Waals surface area contributed by atoms with Crippen LogP contribution in [0, 0.1) is 0 Å². The van der Waals surface area contributed by atoms with Crippen molar-refractivity contribution in [3.63, 3.8) is 0 Å². The monoisotopic (exact) mass is 288 g/mol. The summed E-state index contributed by atoms with van der Waals surface area (Å²) in [6.45, 7) is 1.99. The van der Waals surface area contributed by atoms with Gasteiger partial charge in [0.15, 0.2) is 11.5 Å². The fourth-order valence-electron chi connectivity index (χ4n) is 1.21. The van der Waals surface area contributed by atoms with Crippen molar-refractivity contribution in [3.8, 4) is 0 Å². The minimum atomic E-state index is -3.35. The number of sulfonamides is 1. The van der Waals surface area contributed by atoms with Gasteiger partial charge in [0.1, 0.15) is 0 Å².